The number of Topliss-reactive ketones (excluding diaryl/α,β-unsaturated/α-hetero) is 1. The summed E-state index contributed by atoms with van der Waals surface area (Å²) in [6.45, 7) is 3.24. The Bertz CT molecular complexity index is 1660. The quantitative estimate of drug-likeness (QED) is 0.199. The van der Waals surface area contributed by atoms with Crippen molar-refractivity contribution in [2.24, 2.45) is 17.8 Å². The number of rotatable bonds is 8. The molecule has 2 fully saturated rings. The molecule has 0 bridgehead atoms. The van der Waals surface area contributed by atoms with Gasteiger partial charge in [0.05, 0.1) is 22.4 Å². The molecule has 11 heteroatoms. The average molecular weight is 609 g/mol. The molecular weight excluding hydrogens is 580 g/mol. The van der Waals surface area contributed by atoms with E-state index in [0.29, 0.717) is 12.8 Å². The van der Waals surface area contributed by atoms with Gasteiger partial charge in [-0.05, 0) is 80.6 Å². The lowest BCUT2D eigenvalue weighted by atomic mass is 9.76. The number of amides is 3. The van der Waals surface area contributed by atoms with Crippen LogP contribution in [0.25, 0.3) is 0 Å². The summed E-state index contributed by atoms with van der Waals surface area (Å²) in [5.74, 6) is -3.20. The van der Waals surface area contributed by atoms with E-state index in [0.717, 1.165) is 22.0 Å². The monoisotopic (exact) mass is 608 g/mol. The van der Waals surface area contributed by atoms with Gasteiger partial charge in [-0.2, -0.15) is 13.4 Å². The number of aryl methyl sites for hydroxylation is 1. The highest BCUT2D eigenvalue weighted by Crippen LogP contribution is 2.41. The van der Waals surface area contributed by atoms with E-state index in [1.807, 2.05) is 13.8 Å². The van der Waals surface area contributed by atoms with Gasteiger partial charge in [0.15, 0.2) is 5.78 Å². The molecule has 2 aliphatic rings. The number of hydrogen-bond acceptors (Lipinski definition) is 7. The van der Waals surface area contributed by atoms with E-state index in [-0.39, 0.29) is 32.7 Å². The van der Waals surface area contributed by atoms with Gasteiger partial charge in [-0.1, -0.05) is 48.4 Å². The molecule has 1 saturated carbocycles. The SMILES string of the molecule is Cc1ccc(S(=O)(=O)Oc2ccc(C(=O)CN(C(=O)c3ccccc3Cl)N3C(=O)[C@@H]4CC[C@@H](C)C[C@H]4C3=O)cc2)cc1. The van der Waals surface area contributed by atoms with Crippen LogP contribution < -0.4 is 4.18 Å². The predicted octanol–water partition coefficient (Wildman–Crippen LogP) is 5.08. The van der Waals surface area contributed by atoms with Gasteiger partial charge in [-0.3, -0.25) is 19.2 Å². The first-order valence-corrected chi connectivity index (χ1v) is 15.3. The van der Waals surface area contributed by atoms with Gasteiger partial charge in [0.1, 0.15) is 17.2 Å². The Balaban J connectivity index is 1.39. The summed E-state index contributed by atoms with van der Waals surface area (Å²) in [6, 6.07) is 17.7. The van der Waals surface area contributed by atoms with Crippen molar-refractivity contribution in [2.75, 3.05) is 6.54 Å². The third kappa shape index (κ3) is 5.82. The van der Waals surface area contributed by atoms with Crippen molar-refractivity contribution in [1.82, 2.24) is 10.0 Å². The van der Waals surface area contributed by atoms with Gasteiger partial charge in [-0.15, -0.1) is 0 Å². The molecule has 5 rings (SSSR count). The maximum atomic E-state index is 13.7. The normalized spacial score (nSPS) is 20.3. The van der Waals surface area contributed by atoms with Crippen molar-refractivity contribution in [3.63, 3.8) is 0 Å². The second kappa shape index (κ2) is 11.7. The van der Waals surface area contributed by atoms with E-state index < -0.39 is 52.0 Å². The minimum Gasteiger partial charge on any atom is -0.379 e. The van der Waals surface area contributed by atoms with Crippen molar-refractivity contribution >= 4 is 45.2 Å². The van der Waals surface area contributed by atoms with Crippen LogP contribution in [-0.2, 0) is 19.7 Å². The largest absolute Gasteiger partial charge is 0.379 e. The summed E-state index contributed by atoms with van der Waals surface area (Å²) >= 11 is 6.28. The van der Waals surface area contributed by atoms with Crippen LogP contribution in [-0.4, -0.2) is 48.5 Å². The van der Waals surface area contributed by atoms with E-state index in [1.165, 1.54) is 48.5 Å². The number of carbonyl (C=O) groups is 4. The fourth-order valence-electron chi connectivity index (χ4n) is 5.42. The van der Waals surface area contributed by atoms with Crippen LogP contribution in [0.3, 0.4) is 0 Å². The molecule has 3 aromatic carbocycles. The van der Waals surface area contributed by atoms with Crippen LogP contribution in [0, 0.1) is 24.7 Å². The van der Waals surface area contributed by atoms with Crippen LogP contribution in [0.2, 0.25) is 5.02 Å². The van der Waals surface area contributed by atoms with Crippen molar-refractivity contribution in [3.05, 3.63) is 94.5 Å². The molecule has 218 valence electrons. The second-order valence-electron chi connectivity index (χ2n) is 10.8. The Morgan fingerprint density at radius 1 is 0.929 bits per heavy atom. The number of hydrogen-bond donors (Lipinski definition) is 0. The number of halogens is 1. The van der Waals surface area contributed by atoms with E-state index in [1.54, 1.807) is 24.3 Å². The van der Waals surface area contributed by atoms with Crippen molar-refractivity contribution in [3.8, 4) is 5.75 Å². The summed E-state index contributed by atoms with van der Waals surface area (Å²) in [6.07, 6.45) is 1.85. The number of imide groups is 1. The molecular formula is C31H29ClN2O7S. The van der Waals surface area contributed by atoms with Gasteiger partial charge in [-0.25, -0.2) is 5.01 Å². The minimum absolute atomic E-state index is 0.0146. The Morgan fingerprint density at radius 3 is 2.24 bits per heavy atom. The lowest BCUT2D eigenvalue weighted by molar-refractivity contribution is -0.154. The van der Waals surface area contributed by atoms with Crippen LogP contribution in [0.1, 0.15) is 52.5 Å². The highest BCUT2D eigenvalue weighted by Gasteiger charge is 2.53. The van der Waals surface area contributed by atoms with E-state index in [9.17, 15) is 27.6 Å². The molecule has 0 spiro atoms. The maximum Gasteiger partial charge on any atom is 0.339 e. The lowest BCUT2D eigenvalue weighted by Crippen LogP contribution is -2.52. The van der Waals surface area contributed by atoms with E-state index in [4.69, 9.17) is 15.8 Å². The first kappa shape index (κ1) is 29.5. The molecule has 1 heterocycles. The highest BCUT2D eigenvalue weighted by molar-refractivity contribution is 7.87. The van der Waals surface area contributed by atoms with Crippen molar-refractivity contribution in [2.45, 2.75) is 38.0 Å². The molecule has 3 aromatic rings. The van der Waals surface area contributed by atoms with Gasteiger partial charge < -0.3 is 4.18 Å². The number of benzene rings is 3. The summed E-state index contributed by atoms with van der Waals surface area (Å²) in [5.41, 5.74) is 1.06. The second-order valence-corrected chi connectivity index (χ2v) is 12.7. The highest BCUT2D eigenvalue weighted by atomic mass is 35.5. The third-order valence-corrected chi connectivity index (χ3v) is 9.32. The van der Waals surface area contributed by atoms with Crippen LogP contribution in [0.5, 0.6) is 5.75 Å². The van der Waals surface area contributed by atoms with Crippen LogP contribution in [0.15, 0.2) is 77.7 Å². The lowest BCUT2D eigenvalue weighted by Gasteiger charge is -2.30. The number of ketones is 1. The molecule has 0 N–H and O–H groups in total. The zero-order valence-electron chi connectivity index (χ0n) is 23.0. The molecule has 1 aliphatic carbocycles. The van der Waals surface area contributed by atoms with E-state index in [2.05, 4.69) is 0 Å². The van der Waals surface area contributed by atoms with Crippen molar-refractivity contribution in [1.29, 1.82) is 0 Å². The van der Waals surface area contributed by atoms with Gasteiger partial charge in [0.2, 0.25) is 0 Å². The predicted molar refractivity (Wildman–Crippen MR) is 154 cm³/mol. The molecule has 3 atom stereocenters. The molecule has 42 heavy (non-hydrogen) atoms. The molecule has 0 unspecified atom stereocenters. The number of fused-ring (bicyclic) bond motifs is 1. The zero-order chi connectivity index (χ0) is 30.2. The number of carbonyl (C=O) groups excluding carboxylic acids is 4. The Hall–Kier alpha value is -4.02. The van der Waals surface area contributed by atoms with Crippen LogP contribution >= 0.6 is 11.6 Å². The standard InChI is InChI=1S/C31H29ClN2O7S/c1-19-7-14-23(15-8-19)42(39,40)41-22-12-10-21(11-13-22)28(35)18-33(29(36)25-5-3-4-6-27(25)32)34-30(37)24-16-9-20(2)17-26(24)31(34)38/h3-8,10-15,20,24,26H,9,16-18H2,1-2H3/t20-,24-,26-/m1/s1. The molecule has 1 aliphatic heterocycles. The molecule has 0 radical (unpaired) electrons. The molecule has 0 aromatic heterocycles. The summed E-state index contributed by atoms with van der Waals surface area (Å²) < 4.78 is 30.5. The summed E-state index contributed by atoms with van der Waals surface area (Å²) in [5, 5.41) is 1.81. The Kier molecular flexibility index (Phi) is 8.21. The third-order valence-electron chi connectivity index (χ3n) is 7.73. The minimum atomic E-state index is -4.10. The zero-order valence-corrected chi connectivity index (χ0v) is 24.6. The van der Waals surface area contributed by atoms with E-state index >= 15 is 0 Å². The maximum absolute atomic E-state index is 13.7. The Morgan fingerprint density at radius 2 is 1.57 bits per heavy atom. The molecule has 1 saturated heterocycles. The van der Waals surface area contributed by atoms with Crippen molar-refractivity contribution < 1.29 is 31.8 Å². The first-order chi connectivity index (χ1) is 20.0. The topological polar surface area (TPSA) is 118 Å². The number of hydrazine groups is 1. The number of nitrogens with zero attached hydrogens (tertiary/aromatic N) is 2. The van der Waals surface area contributed by atoms with Gasteiger partial charge in [0, 0.05) is 5.56 Å². The van der Waals surface area contributed by atoms with Gasteiger partial charge in [0.25, 0.3) is 17.7 Å². The fourth-order valence-corrected chi connectivity index (χ4v) is 6.57. The first-order valence-electron chi connectivity index (χ1n) is 13.5. The summed E-state index contributed by atoms with van der Waals surface area (Å²) in [4.78, 5) is 54.0. The fraction of sp³-hybridized carbons (Fsp3) is 0.290. The average Bonchev–Trinajstić information content (AvgIpc) is 3.20. The smallest absolute Gasteiger partial charge is 0.339 e. The van der Waals surface area contributed by atoms with Gasteiger partial charge >= 0.3 is 10.1 Å². The molecule has 9 nitrogen and oxygen atoms in total. The molecule has 3 amide bonds. The summed E-state index contributed by atoms with van der Waals surface area (Å²) in [7, 11) is -4.10. The van der Waals surface area contributed by atoms with Crippen LogP contribution in [0.4, 0.5) is 0 Å². The Labute approximate surface area is 249 Å².